The molecule has 10 heteroatoms. The molecule has 3 N–H and O–H groups in total. The first kappa shape index (κ1) is 25.1. The monoisotopic (exact) mass is 477 g/mol. The number of ether oxygens (including phenoxy) is 2. The van der Waals surface area contributed by atoms with E-state index in [1.807, 2.05) is 36.1 Å². The Morgan fingerprint density at radius 3 is 2.67 bits per heavy atom. The summed E-state index contributed by atoms with van der Waals surface area (Å²) < 4.78 is 39.3. The van der Waals surface area contributed by atoms with E-state index in [9.17, 15) is 13.2 Å². The van der Waals surface area contributed by atoms with Crippen LogP contribution in [0.2, 0.25) is 0 Å². The molecule has 9 nitrogen and oxygen atoms in total. The van der Waals surface area contributed by atoms with Crippen LogP contribution in [0.5, 0.6) is 5.75 Å². The number of aryl methyl sites for hydroxylation is 1. The van der Waals surface area contributed by atoms with Gasteiger partial charge in [-0.25, -0.2) is 18.6 Å². The van der Waals surface area contributed by atoms with E-state index in [1.54, 1.807) is 17.6 Å². The average Bonchev–Trinajstić information content (AvgIpc) is 2.79. The van der Waals surface area contributed by atoms with E-state index >= 15 is 0 Å². The van der Waals surface area contributed by atoms with Gasteiger partial charge in [-0.05, 0) is 56.1 Å². The van der Waals surface area contributed by atoms with Crippen LogP contribution in [0.25, 0.3) is 0 Å². The fourth-order valence-corrected chi connectivity index (χ4v) is 4.68. The van der Waals surface area contributed by atoms with Gasteiger partial charge in [0.05, 0.1) is 11.5 Å². The predicted octanol–water partition coefficient (Wildman–Crippen LogP) is 1.84. The summed E-state index contributed by atoms with van der Waals surface area (Å²) in [5.74, 6) is -0.119. The molecule has 1 amide bonds. The third kappa shape index (κ3) is 7.51. The summed E-state index contributed by atoms with van der Waals surface area (Å²) in [5, 5.41) is 9.14. The molecule has 0 radical (unpaired) electrons. The van der Waals surface area contributed by atoms with Crippen molar-refractivity contribution < 1.29 is 27.9 Å². The minimum atomic E-state index is -3.87. The zero-order valence-corrected chi connectivity index (χ0v) is 19.5. The van der Waals surface area contributed by atoms with Crippen molar-refractivity contribution in [1.82, 2.24) is 15.1 Å². The summed E-state index contributed by atoms with van der Waals surface area (Å²) in [6, 6.07) is 13.2. The first-order chi connectivity index (χ1) is 15.9. The zero-order chi connectivity index (χ0) is 23.7. The maximum Gasteiger partial charge on any atom is 0.262 e. The molecule has 1 atom stereocenters. The molecule has 0 aromatic heterocycles. The van der Waals surface area contributed by atoms with E-state index in [-0.39, 0.29) is 11.4 Å². The van der Waals surface area contributed by atoms with Crippen LogP contribution < -0.4 is 14.9 Å². The largest absolute Gasteiger partial charge is 0.489 e. The van der Waals surface area contributed by atoms with Gasteiger partial charge in [-0.1, -0.05) is 29.8 Å². The molecule has 1 aliphatic heterocycles. The topological polar surface area (TPSA) is 117 Å². The molecule has 1 fully saturated rings. The van der Waals surface area contributed by atoms with Crippen molar-refractivity contribution >= 4 is 15.9 Å². The van der Waals surface area contributed by atoms with Crippen LogP contribution in [0.15, 0.2) is 53.4 Å². The minimum Gasteiger partial charge on any atom is -0.489 e. The number of rotatable bonds is 9. The standard InChI is InChI=1S/C23H31N3O6S/c1-18-5-4-6-19(15-18)17-32-20-7-9-21(10-8-20)33(29,30)24-16-22(23(27)25-28)26-11-2-3-13-31-14-12-26/h4-10,15,22,24,28H,2-3,11-14,16-17H2,1H3,(H,25,27)/t22-/m0/s1. The van der Waals surface area contributed by atoms with Crippen LogP contribution in [0.1, 0.15) is 24.0 Å². The van der Waals surface area contributed by atoms with E-state index in [0.717, 1.165) is 24.0 Å². The van der Waals surface area contributed by atoms with Crippen molar-refractivity contribution in [3.05, 3.63) is 59.7 Å². The summed E-state index contributed by atoms with van der Waals surface area (Å²) >= 11 is 0. The Balaban J connectivity index is 1.61. The molecular weight excluding hydrogens is 446 g/mol. The van der Waals surface area contributed by atoms with Crippen molar-refractivity contribution in [1.29, 1.82) is 0 Å². The first-order valence-electron chi connectivity index (χ1n) is 10.9. The first-order valence-corrected chi connectivity index (χ1v) is 12.4. The van der Waals surface area contributed by atoms with Gasteiger partial charge in [0.15, 0.2) is 0 Å². The molecule has 2 aromatic carbocycles. The molecule has 1 saturated heterocycles. The van der Waals surface area contributed by atoms with Crippen LogP contribution >= 0.6 is 0 Å². The van der Waals surface area contributed by atoms with E-state index in [0.29, 0.717) is 38.7 Å². The Labute approximate surface area is 194 Å². The lowest BCUT2D eigenvalue weighted by molar-refractivity contribution is -0.135. The van der Waals surface area contributed by atoms with Crippen LogP contribution in [-0.2, 0) is 26.2 Å². The molecule has 1 aliphatic rings. The van der Waals surface area contributed by atoms with E-state index in [2.05, 4.69) is 4.72 Å². The lowest BCUT2D eigenvalue weighted by atomic mass is 10.1. The molecule has 0 bridgehead atoms. The predicted molar refractivity (Wildman–Crippen MR) is 122 cm³/mol. The maximum absolute atomic E-state index is 12.8. The number of benzene rings is 2. The fraction of sp³-hybridized carbons (Fsp3) is 0.435. The number of carbonyl (C=O) groups is 1. The third-order valence-corrected chi connectivity index (χ3v) is 6.89. The summed E-state index contributed by atoms with van der Waals surface area (Å²) in [5.41, 5.74) is 3.80. The van der Waals surface area contributed by atoms with Gasteiger partial charge in [0.2, 0.25) is 10.0 Å². The summed E-state index contributed by atoms with van der Waals surface area (Å²) in [4.78, 5) is 14.1. The Morgan fingerprint density at radius 1 is 1.15 bits per heavy atom. The number of carbonyl (C=O) groups excluding carboxylic acids is 1. The SMILES string of the molecule is Cc1cccc(COc2ccc(S(=O)(=O)NC[C@@H](C(=O)NO)N3CCCCOCC3)cc2)c1. The van der Waals surface area contributed by atoms with Gasteiger partial charge in [0.25, 0.3) is 5.91 Å². The molecule has 0 aliphatic carbocycles. The molecule has 0 spiro atoms. The van der Waals surface area contributed by atoms with Crippen LogP contribution in [0.4, 0.5) is 0 Å². The summed E-state index contributed by atoms with van der Waals surface area (Å²) in [6.45, 7) is 4.38. The van der Waals surface area contributed by atoms with Gasteiger partial charge < -0.3 is 9.47 Å². The second kappa shape index (κ2) is 12.1. The van der Waals surface area contributed by atoms with Crippen molar-refractivity contribution in [2.75, 3.05) is 32.8 Å². The van der Waals surface area contributed by atoms with Gasteiger partial charge in [-0.15, -0.1) is 0 Å². The molecular formula is C23H31N3O6S. The molecule has 180 valence electrons. The quantitative estimate of drug-likeness (QED) is 0.373. The highest BCUT2D eigenvalue weighted by Gasteiger charge is 2.28. The normalized spacial score (nSPS) is 16.4. The Morgan fingerprint density at radius 2 is 1.94 bits per heavy atom. The Kier molecular flexibility index (Phi) is 9.21. The molecule has 0 saturated carbocycles. The highest BCUT2D eigenvalue weighted by atomic mass is 32.2. The average molecular weight is 478 g/mol. The lowest BCUT2D eigenvalue weighted by Gasteiger charge is -2.31. The van der Waals surface area contributed by atoms with Crippen LogP contribution in [-0.4, -0.2) is 63.3 Å². The lowest BCUT2D eigenvalue weighted by Crippen LogP contribution is -2.53. The van der Waals surface area contributed by atoms with Crippen LogP contribution in [0, 0.1) is 6.92 Å². The molecule has 1 heterocycles. The summed E-state index contributed by atoms with van der Waals surface area (Å²) in [6.07, 6.45) is 1.67. The number of hydroxylamine groups is 1. The zero-order valence-electron chi connectivity index (χ0n) is 18.7. The van der Waals surface area contributed by atoms with E-state index in [4.69, 9.17) is 14.7 Å². The summed E-state index contributed by atoms with van der Waals surface area (Å²) in [7, 11) is -3.87. The Bertz CT molecular complexity index is 1010. The van der Waals surface area contributed by atoms with Crippen LogP contribution in [0.3, 0.4) is 0 Å². The van der Waals surface area contributed by atoms with E-state index in [1.165, 1.54) is 12.1 Å². The Hall–Kier alpha value is -2.50. The number of hydrogen-bond acceptors (Lipinski definition) is 7. The van der Waals surface area contributed by atoms with Crippen molar-refractivity contribution in [3.8, 4) is 5.75 Å². The van der Waals surface area contributed by atoms with Crippen molar-refractivity contribution in [3.63, 3.8) is 0 Å². The smallest absolute Gasteiger partial charge is 0.262 e. The second-order valence-electron chi connectivity index (χ2n) is 7.95. The number of nitrogens with zero attached hydrogens (tertiary/aromatic N) is 1. The van der Waals surface area contributed by atoms with Crippen molar-refractivity contribution in [2.45, 2.75) is 37.3 Å². The minimum absolute atomic E-state index is 0.0598. The number of nitrogens with one attached hydrogen (secondary N) is 2. The third-order valence-electron chi connectivity index (χ3n) is 5.45. The maximum atomic E-state index is 12.8. The van der Waals surface area contributed by atoms with Gasteiger partial charge in [0.1, 0.15) is 18.4 Å². The highest BCUT2D eigenvalue weighted by Crippen LogP contribution is 2.18. The molecule has 0 unspecified atom stereocenters. The number of sulfonamides is 1. The number of hydrogen-bond donors (Lipinski definition) is 3. The highest BCUT2D eigenvalue weighted by molar-refractivity contribution is 7.89. The van der Waals surface area contributed by atoms with Gasteiger partial charge in [0, 0.05) is 19.7 Å². The fourth-order valence-electron chi connectivity index (χ4n) is 3.64. The van der Waals surface area contributed by atoms with Crippen molar-refractivity contribution in [2.24, 2.45) is 0 Å². The van der Waals surface area contributed by atoms with E-state index < -0.39 is 22.0 Å². The van der Waals surface area contributed by atoms with Gasteiger partial charge in [-0.2, -0.15) is 0 Å². The second-order valence-corrected chi connectivity index (χ2v) is 9.72. The van der Waals surface area contributed by atoms with Gasteiger partial charge in [-0.3, -0.25) is 14.9 Å². The molecule has 3 rings (SSSR count). The number of amides is 1. The van der Waals surface area contributed by atoms with Gasteiger partial charge >= 0.3 is 0 Å². The molecule has 33 heavy (non-hydrogen) atoms. The molecule has 2 aromatic rings.